The van der Waals surface area contributed by atoms with E-state index in [-0.39, 0.29) is 12.2 Å². The van der Waals surface area contributed by atoms with Gasteiger partial charge in [0.25, 0.3) is 5.56 Å². The van der Waals surface area contributed by atoms with Crippen molar-refractivity contribution in [2.24, 2.45) is 7.05 Å². The van der Waals surface area contributed by atoms with Crippen molar-refractivity contribution in [2.75, 3.05) is 26.2 Å². The number of piperidine rings is 1. The molecule has 0 radical (unpaired) electrons. The summed E-state index contributed by atoms with van der Waals surface area (Å²) in [5, 5.41) is 14.4. The van der Waals surface area contributed by atoms with E-state index in [1.807, 2.05) is 48.4 Å². The number of pyridine rings is 1. The maximum atomic E-state index is 12.9. The van der Waals surface area contributed by atoms with Crippen LogP contribution in [0.2, 0.25) is 0 Å². The number of β-amino-alcohol motifs (C(OH)–C–C–N with tert-alkyl or cyclic N) is 1. The number of aryl methyl sites for hydroxylation is 1. The van der Waals surface area contributed by atoms with E-state index in [1.54, 1.807) is 10.5 Å². The van der Waals surface area contributed by atoms with Crippen molar-refractivity contribution in [3.8, 4) is 11.3 Å². The lowest BCUT2D eigenvalue weighted by molar-refractivity contribution is 0.164. The summed E-state index contributed by atoms with van der Waals surface area (Å²) in [6.07, 6.45) is 5.85. The molecule has 0 bridgehead atoms. The number of hydrogen-bond acceptors (Lipinski definition) is 5. The fourth-order valence-electron chi connectivity index (χ4n) is 4.46. The number of benzene rings is 1. The zero-order valence-electron chi connectivity index (χ0n) is 17.0. The molecule has 0 atom stereocenters. The van der Waals surface area contributed by atoms with Gasteiger partial charge in [0.1, 0.15) is 5.65 Å². The van der Waals surface area contributed by atoms with E-state index in [0.717, 1.165) is 48.9 Å². The van der Waals surface area contributed by atoms with Crippen molar-refractivity contribution >= 4 is 16.6 Å². The lowest BCUT2D eigenvalue weighted by atomic mass is 9.90. The number of aromatic nitrogens is 4. The Hall–Kier alpha value is -3.03. The van der Waals surface area contributed by atoms with Gasteiger partial charge in [-0.3, -0.25) is 13.9 Å². The Bertz CT molecular complexity index is 1270. The first-order valence-electron chi connectivity index (χ1n) is 10.4. The van der Waals surface area contributed by atoms with Crippen LogP contribution in [0.3, 0.4) is 0 Å². The van der Waals surface area contributed by atoms with E-state index in [4.69, 9.17) is 10.1 Å². The first-order valence-corrected chi connectivity index (χ1v) is 10.4. The Morgan fingerprint density at radius 3 is 2.77 bits per heavy atom. The summed E-state index contributed by atoms with van der Waals surface area (Å²) in [4.78, 5) is 19.9. The lowest BCUT2D eigenvalue weighted by Crippen LogP contribution is -2.35. The van der Waals surface area contributed by atoms with Gasteiger partial charge in [-0.25, -0.2) is 4.98 Å². The highest BCUT2D eigenvalue weighted by Crippen LogP contribution is 2.28. The van der Waals surface area contributed by atoms with Gasteiger partial charge in [-0.15, -0.1) is 0 Å². The molecule has 1 aliphatic heterocycles. The average Bonchev–Trinajstić information content (AvgIpc) is 3.14. The standard InChI is InChI=1S/C23H25N5O2/c1-26-21-4-2-17(12-19(21)14-24-26)20-13-23(30)28-15-18(3-5-22(28)25-20)16-6-8-27(9-7-16)10-11-29/h2-5,12-16,29H,6-11H2,1H3. The second kappa shape index (κ2) is 7.66. The zero-order valence-corrected chi connectivity index (χ0v) is 17.0. The second-order valence-electron chi connectivity index (χ2n) is 8.05. The van der Waals surface area contributed by atoms with Crippen LogP contribution in [-0.4, -0.2) is 55.4 Å². The number of fused-ring (bicyclic) bond motifs is 2. The molecule has 0 unspecified atom stereocenters. The van der Waals surface area contributed by atoms with Gasteiger partial charge >= 0.3 is 0 Å². The van der Waals surface area contributed by atoms with Gasteiger partial charge < -0.3 is 10.0 Å². The molecule has 30 heavy (non-hydrogen) atoms. The number of aliphatic hydroxyl groups is 1. The van der Waals surface area contributed by atoms with Gasteiger partial charge in [-0.05, 0) is 55.6 Å². The molecule has 0 amide bonds. The number of nitrogens with zero attached hydrogens (tertiary/aromatic N) is 5. The molecule has 4 heterocycles. The average molecular weight is 403 g/mol. The molecule has 4 aromatic rings. The van der Waals surface area contributed by atoms with Crippen molar-refractivity contribution in [2.45, 2.75) is 18.8 Å². The van der Waals surface area contributed by atoms with Crippen LogP contribution in [0.4, 0.5) is 0 Å². The van der Waals surface area contributed by atoms with Crippen LogP contribution in [0.15, 0.2) is 53.6 Å². The molecular weight excluding hydrogens is 378 g/mol. The Morgan fingerprint density at radius 1 is 1.13 bits per heavy atom. The number of hydrogen-bond donors (Lipinski definition) is 1. The fraction of sp³-hybridized carbons (Fsp3) is 0.348. The molecule has 1 saturated heterocycles. The highest BCUT2D eigenvalue weighted by molar-refractivity contribution is 5.84. The maximum absolute atomic E-state index is 12.9. The lowest BCUT2D eigenvalue weighted by Gasteiger charge is -2.31. The van der Waals surface area contributed by atoms with Crippen molar-refractivity contribution in [1.82, 2.24) is 24.1 Å². The molecule has 0 saturated carbocycles. The summed E-state index contributed by atoms with van der Waals surface area (Å²) in [5.41, 5.74) is 4.41. The molecular formula is C23H25N5O2. The van der Waals surface area contributed by atoms with Crippen molar-refractivity contribution in [1.29, 1.82) is 0 Å². The smallest absolute Gasteiger partial charge is 0.258 e. The van der Waals surface area contributed by atoms with Crippen LogP contribution in [-0.2, 0) is 7.05 Å². The van der Waals surface area contributed by atoms with Gasteiger partial charge in [0, 0.05) is 36.8 Å². The third-order valence-corrected chi connectivity index (χ3v) is 6.20. The van der Waals surface area contributed by atoms with Gasteiger partial charge in [-0.1, -0.05) is 12.1 Å². The number of likely N-dealkylation sites (tertiary alicyclic amines) is 1. The van der Waals surface area contributed by atoms with Crippen LogP contribution < -0.4 is 5.56 Å². The Morgan fingerprint density at radius 2 is 1.97 bits per heavy atom. The van der Waals surface area contributed by atoms with Crippen LogP contribution >= 0.6 is 0 Å². The first-order chi connectivity index (χ1) is 14.6. The molecule has 1 aromatic carbocycles. The fourth-order valence-corrected chi connectivity index (χ4v) is 4.46. The van der Waals surface area contributed by atoms with E-state index in [1.165, 1.54) is 5.56 Å². The van der Waals surface area contributed by atoms with Gasteiger partial charge in [0.05, 0.1) is 24.0 Å². The van der Waals surface area contributed by atoms with Gasteiger partial charge in [0.15, 0.2) is 0 Å². The third-order valence-electron chi connectivity index (χ3n) is 6.20. The summed E-state index contributed by atoms with van der Waals surface area (Å²) in [5.74, 6) is 0.434. The van der Waals surface area contributed by atoms with E-state index >= 15 is 0 Å². The van der Waals surface area contributed by atoms with Crippen LogP contribution in [0.1, 0.15) is 24.3 Å². The summed E-state index contributed by atoms with van der Waals surface area (Å²) in [6, 6.07) is 11.7. The number of rotatable bonds is 4. The molecule has 7 heteroatoms. The van der Waals surface area contributed by atoms with E-state index in [2.05, 4.69) is 16.1 Å². The predicted molar refractivity (Wildman–Crippen MR) is 117 cm³/mol. The molecule has 1 N–H and O–H groups in total. The molecule has 3 aromatic heterocycles. The summed E-state index contributed by atoms with van der Waals surface area (Å²) in [7, 11) is 1.91. The normalized spacial score (nSPS) is 15.9. The minimum absolute atomic E-state index is 0.0687. The Kier molecular flexibility index (Phi) is 4.84. The van der Waals surface area contributed by atoms with Crippen LogP contribution in [0.25, 0.3) is 27.8 Å². The largest absolute Gasteiger partial charge is 0.395 e. The van der Waals surface area contributed by atoms with Gasteiger partial charge in [-0.2, -0.15) is 5.10 Å². The van der Waals surface area contributed by atoms with Crippen LogP contribution in [0.5, 0.6) is 0 Å². The molecule has 0 aliphatic carbocycles. The predicted octanol–water partition coefficient (Wildman–Crippen LogP) is 2.42. The van der Waals surface area contributed by atoms with E-state index in [0.29, 0.717) is 17.3 Å². The third kappa shape index (κ3) is 3.40. The topological polar surface area (TPSA) is 75.7 Å². The Labute approximate surface area is 174 Å². The van der Waals surface area contributed by atoms with Gasteiger partial charge in [0.2, 0.25) is 0 Å². The highest BCUT2D eigenvalue weighted by Gasteiger charge is 2.21. The van der Waals surface area contributed by atoms with Crippen molar-refractivity contribution < 1.29 is 5.11 Å². The summed E-state index contributed by atoms with van der Waals surface area (Å²) in [6.45, 7) is 2.90. The minimum Gasteiger partial charge on any atom is -0.395 e. The molecule has 1 aliphatic rings. The monoisotopic (exact) mass is 403 g/mol. The van der Waals surface area contributed by atoms with E-state index in [9.17, 15) is 4.79 Å². The van der Waals surface area contributed by atoms with E-state index < -0.39 is 0 Å². The molecule has 7 nitrogen and oxygen atoms in total. The number of aliphatic hydroxyl groups excluding tert-OH is 1. The minimum atomic E-state index is -0.0687. The quantitative estimate of drug-likeness (QED) is 0.566. The summed E-state index contributed by atoms with van der Waals surface area (Å²) >= 11 is 0. The second-order valence-corrected chi connectivity index (χ2v) is 8.05. The molecule has 1 fully saturated rings. The molecule has 5 rings (SSSR count). The maximum Gasteiger partial charge on any atom is 0.258 e. The van der Waals surface area contributed by atoms with Crippen LogP contribution in [0, 0.1) is 0 Å². The van der Waals surface area contributed by atoms with Crippen molar-refractivity contribution in [3.63, 3.8) is 0 Å². The Balaban J connectivity index is 1.46. The van der Waals surface area contributed by atoms with Crippen molar-refractivity contribution in [3.05, 3.63) is 64.7 Å². The molecule has 154 valence electrons. The molecule has 0 spiro atoms. The highest BCUT2D eigenvalue weighted by atomic mass is 16.3. The SMILES string of the molecule is Cn1ncc2cc(-c3cc(=O)n4cc(C5CCN(CCO)CC5)ccc4n3)ccc21. The summed E-state index contributed by atoms with van der Waals surface area (Å²) < 4.78 is 3.49. The zero-order chi connectivity index (χ0) is 20.7. The first kappa shape index (κ1) is 19.0.